The van der Waals surface area contributed by atoms with E-state index in [1.54, 1.807) is 25.2 Å². The van der Waals surface area contributed by atoms with Crippen molar-refractivity contribution in [3.63, 3.8) is 0 Å². The van der Waals surface area contributed by atoms with Gasteiger partial charge in [-0.25, -0.2) is 0 Å². The summed E-state index contributed by atoms with van der Waals surface area (Å²) in [4.78, 5) is 23.6. The molecule has 0 aliphatic rings. The maximum atomic E-state index is 11.6. The molecule has 0 bridgehead atoms. The predicted octanol–water partition coefficient (Wildman–Crippen LogP) is 2.67. The lowest BCUT2D eigenvalue weighted by molar-refractivity contribution is -0.149. The van der Waals surface area contributed by atoms with Gasteiger partial charge >= 0.3 is 5.97 Å². The van der Waals surface area contributed by atoms with Crippen molar-refractivity contribution in [1.82, 2.24) is 5.32 Å². The molecule has 1 rings (SSSR count). The minimum atomic E-state index is -1.02. The Morgan fingerprint density at radius 1 is 1.50 bits per heavy atom. The van der Waals surface area contributed by atoms with E-state index in [1.807, 2.05) is 11.4 Å². The fourth-order valence-electron chi connectivity index (χ4n) is 1.35. The van der Waals surface area contributed by atoms with Crippen molar-refractivity contribution < 1.29 is 14.7 Å². The number of aliphatic carboxylic acids is 1. The molecule has 4 nitrogen and oxygen atoms in total. The average Bonchev–Trinajstić information content (AvgIpc) is 2.63. The first kappa shape index (κ1) is 15.2. The van der Waals surface area contributed by atoms with Crippen LogP contribution in [-0.4, -0.2) is 23.5 Å². The number of thiophene rings is 1. The Balaban J connectivity index is 2.32. The number of hydrogen-bond acceptors (Lipinski definition) is 3. The Kier molecular flexibility index (Phi) is 5.34. The van der Waals surface area contributed by atoms with E-state index in [2.05, 4.69) is 21.2 Å². The fraction of sp³-hybridized carbons (Fsp3) is 0.500. The van der Waals surface area contributed by atoms with Gasteiger partial charge in [-0.1, -0.05) is 0 Å². The molecular formula is C12H16BrNO3S. The summed E-state index contributed by atoms with van der Waals surface area (Å²) in [7, 11) is 0. The molecule has 0 saturated heterocycles. The van der Waals surface area contributed by atoms with Crippen LogP contribution in [0, 0.1) is 5.41 Å². The summed E-state index contributed by atoms with van der Waals surface area (Å²) in [5, 5.41) is 13.6. The molecule has 0 aliphatic carbocycles. The lowest BCUT2D eigenvalue weighted by atomic mass is 9.89. The van der Waals surface area contributed by atoms with Crippen molar-refractivity contribution in [3.8, 4) is 0 Å². The fourth-order valence-corrected chi connectivity index (χ4v) is 2.80. The number of hydrogen-bond donors (Lipinski definition) is 2. The normalized spacial score (nSPS) is 11.3. The number of amides is 1. The minimum absolute atomic E-state index is 0.00350. The zero-order chi connectivity index (χ0) is 13.8. The molecule has 1 heterocycles. The predicted molar refractivity (Wildman–Crippen MR) is 74.8 cm³/mol. The van der Waals surface area contributed by atoms with E-state index in [4.69, 9.17) is 5.11 Å². The summed E-state index contributed by atoms with van der Waals surface area (Å²) >= 11 is 4.99. The second kappa shape index (κ2) is 6.33. The molecule has 0 fully saturated rings. The summed E-state index contributed by atoms with van der Waals surface area (Å²) < 4.78 is 1.04. The van der Waals surface area contributed by atoms with Crippen LogP contribution in [0.1, 0.15) is 25.1 Å². The lowest BCUT2D eigenvalue weighted by Crippen LogP contribution is -2.34. The van der Waals surface area contributed by atoms with Gasteiger partial charge in [-0.3, -0.25) is 9.59 Å². The van der Waals surface area contributed by atoms with Gasteiger partial charge in [0.2, 0.25) is 5.91 Å². The SMILES string of the molecule is CC(C)(CC(=O)NCCc1cc(Br)cs1)C(=O)O. The van der Waals surface area contributed by atoms with Gasteiger partial charge < -0.3 is 10.4 Å². The summed E-state index contributed by atoms with van der Waals surface area (Å²) in [6.45, 7) is 3.62. The minimum Gasteiger partial charge on any atom is -0.481 e. The monoisotopic (exact) mass is 333 g/mol. The first-order chi connectivity index (χ1) is 8.31. The smallest absolute Gasteiger partial charge is 0.309 e. The summed E-state index contributed by atoms with van der Waals surface area (Å²) in [6.07, 6.45) is 0.756. The van der Waals surface area contributed by atoms with Crippen LogP contribution in [0.25, 0.3) is 0 Å². The molecule has 0 aliphatic heterocycles. The lowest BCUT2D eigenvalue weighted by Gasteiger charge is -2.18. The number of rotatable bonds is 6. The zero-order valence-corrected chi connectivity index (χ0v) is 12.7. The maximum absolute atomic E-state index is 11.6. The molecule has 0 unspecified atom stereocenters. The number of carboxylic acids is 1. The van der Waals surface area contributed by atoms with E-state index >= 15 is 0 Å². The van der Waals surface area contributed by atoms with Crippen molar-refractivity contribution in [2.45, 2.75) is 26.7 Å². The van der Waals surface area contributed by atoms with Gasteiger partial charge in [-0.15, -0.1) is 11.3 Å². The van der Waals surface area contributed by atoms with E-state index in [0.29, 0.717) is 6.54 Å². The Morgan fingerprint density at radius 2 is 2.17 bits per heavy atom. The van der Waals surface area contributed by atoms with Crippen molar-refractivity contribution in [2.24, 2.45) is 5.41 Å². The molecule has 0 spiro atoms. The van der Waals surface area contributed by atoms with Crippen LogP contribution < -0.4 is 5.32 Å². The molecule has 100 valence electrons. The molecule has 18 heavy (non-hydrogen) atoms. The quantitative estimate of drug-likeness (QED) is 0.841. The number of nitrogens with one attached hydrogen (secondary N) is 1. The molecular weight excluding hydrogens is 318 g/mol. The highest BCUT2D eigenvalue weighted by molar-refractivity contribution is 9.10. The van der Waals surface area contributed by atoms with E-state index in [1.165, 1.54) is 4.88 Å². The topological polar surface area (TPSA) is 66.4 Å². The highest BCUT2D eigenvalue weighted by Gasteiger charge is 2.29. The molecule has 1 aromatic heterocycles. The number of carboxylic acid groups (broad SMARTS) is 1. The van der Waals surface area contributed by atoms with Gasteiger partial charge in [0.05, 0.1) is 5.41 Å². The van der Waals surface area contributed by atoms with E-state index in [0.717, 1.165) is 10.9 Å². The van der Waals surface area contributed by atoms with Gasteiger partial charge in [0, 0.05) is 27.7 Å². The van der Waals surface area contributed by atoms with E-state index in [9.17, 15) is 9.59 Å². The second-order valence-corrected chi connectivity index (χ2v) is 6.61. The van der Waals surface area contributed by atoms with Crippen LogP contribution in [0.2, 0.25) is 0 Å². The third-order valence-corrected chi connectivity index (χ3v) is 4.25. The van der Waals surface area contributed by atoms with Crippen LogP contribution in [0.15, 0.2) is 15.9 Å². The largest absolute Gasteiger partial charge is 0.481 e. The van der Waals surface area contributed by atoms with Crippen LogP contribution in [-0.2, 0) is 16.0 Å². The maximum Gasteiger partial charge on any atom is 0.309 e. The summed E-state index contributed by atoms with van der Waals surface area (Å²) in [6, 6.07) is 2.01. The van der Waals surface area contributed by atoms with Crippen molar-refractivity contribution >= 4 is 39.1 Å². The van der Waals surface area contributed by atoms with Gasteiger partial charge in [0.1, 0.15) is 0 Å². The molecule has 6 heteroatoms. The number of halogens is 1. The van der Waals surface area contributed by atoms with Crippen molar-refractivity contribution in [1.29, 1.82) is 0 Å². The van der Waals surface area contributed by atoms with Gasteiger partial charge in [0.15, 0.2) is 0 Å². The molecule has 0 radical (unpaired) electrons. The molecule has 0 saturated carbocycles. The van der Waals surface area contributed by atoms with E-state index < -0.39 is 11.4 Å². The Morgan fingerprint density at radius 3 is 2.67 bits per heavy atom. The molecule has 1 aromatic rings. The number of carbonyl (C=O) groups is 2. The first-order valence-corrected chi connectivity index (χ1v) is 7.21. The molecule has 0 atom stereocenters. The number of carbonyl (C=O) groups excluding carboxylic acids is 1. The summed E-state index contributed by atoms with van der Waals surface area (Å²) in [5.74, 6) is -1.18. The van der Waals surface area contributed by atoms with Crippen LogP contribution in [0.3, 0.4) is 0 Å². The molecule has 2 N–H and O–H groups in total. The Hall–Kier alpha value is -0.880. The standard InChI is InChI=1S/C12H16BrNO3S/c1-12(2,11(16)17)6-10(15)14-4-3-9-5-8(13)7-18-9/h5,7H,3-4,6H2,1-2H3,(H,14,15)(H,16,17). The van der Waals surface area contributed by atoms with Crippen LogP contribution in [0.4, 0.5) is 0 Å². The molecule has 0 aromatic carbocycles. The van der Waals surface area contributed by atoms with Crippen LogP contribution >= 0.6 is 27.3 Å². The highest BCUT2D eigenvalue weighted by atomic mass is 79.9. The highest BCUT2D eigenvalue weighted by Crippen LogP contribution is 2.21. The van der Waals surface area contributed by atoms with Crippen LogP contribution in [0.5, 0.6) is 0 Å². The van der Waals surface area contributed by atoms with Crippen molar-refractivity contribution in [2.75, 3.05) is 6.54 Å². The van der Waals surface area contributed by atoms with Crippen molar-refractivity contribution in [3.05, 3.63) is 20.8 Å². The Bertz CT molecular complexity index is 442. The third-order valence-electron chi connectivity index (χ3n) is 2.50. The first-order valence-electron chi connectivity index (χ1n) is 5.54. The zero-order valence-electron chi connectivity index (χ0n) is 10.3. The Labute approximate surface area is 119 Å². The average molecular weight is 334 g/mol. The van der Waals surface area contributed by atoms with Gasteiger partial charge in [-0.05, 0) is 42.3 Å². The second-order valence-electron chi connectivity index (χ2n) is 4.70. The summed E-state index contributed by atoms with van der Waals surface area (Å²) in [5.41, 5.74) is -1.02. The van der Waals surface area contributed by atoms with Gasteiger partial charge in [0.25, 0.3) is 0 Å². The third kappa shape index (κ3) is 4.78. The molecule has 1 amide bonds. The van der Waals surface area contributed by atoms with Gasteiger partial charge in [-0.2, -0.15) is 0 Å². The van der Waals surface area contributed by atoms with E-state index in [-0.39, 0.29) is 12.3 Å².